The Hall–Kier alpha value is -1.06. The molecule has 0 aliphatic rings. The first-order chi connectivity index (χ1) is 7.38. The molecule has 0 amide bonds. The second-order valence-corrected chi connectivity index (χ2v) is 3.29. The Kier molecular flexibility index (Phi) is 5.81. The molecule has 1 N–H and O–H groups in total. The van der Waals surface area contributed by atoms with E-state index in [0.717, 1.165) is 30.9 Å². The minimum atomic E-state index is 0.589. The lowest BCUT2D eigenvalue weighted by Crippen LogP contribution is -2.18. The molecule has 0 atom stereocenters. The van der Waals surface area contributed by atoms with E-state index >= 15 is 0 Å². The lowest BCUT2D eigenvalue weighted by Gasteiger charge is -2.09. The molecule has 1 aromatic rings. The zero-order chi connectivity index (χ0) is 10.9. The number of rotatable bonds is 7. The summed E-state index contributed by atoms with van der Waals surface area (Å²) in [5.41, 5.74) is 1.15. The van der Waals surface area contributed by atoms with Gasteiger partial charge in [-0.2, -0.15) is 0 Å². The molecular formula is C12H19NO2. The molecule has 15 heavy (non-hydrogen) atoms. The first-order valence-electron chi connectivity index (χ1n) is 5.28. The number of para-hydroxylation sites is 1. The van der Waals surface area contributed by atoms with Crippen LogP contribution in [0.5, 0.6) is 5.75 Å². The highest BCUT2D eigenvalue weighted by atomic mass is 16.5. The van der Waals surface area contributed by atoms with E-state index < -0.39 is 0 Å². The molecule has 3 nitrogen and oxygen atoms in total. The molecular weight excluding hydrogens is 190 g/mol. The molecule has 0 saturated carbocycles. The highest BCUT2D eigenvalue weighted by molar-refractivity contribution is 5.32. The summed E-state index contributed by atoms with van der Waals surface area (Å²) in [6.45, 7) is 4.26. The third kappa shape index (κ3) is 4.32. The Morgan fingerprint density at radius 2 is 2.07 bits per heavy atom. The van der Waals surface area contributed by atoms with Gasteiger partial charge >= 0.3 is 0 Å². The molecule has 0 aliphatic heterocycles. The van der Waals surface area contributed by atoms with Gasteiger partial charge in [-0.25, -0.2) is 0 Å². The third-order valence-electron chi connectivity index (χ3n) is 2.06. The Morgan fingerprint density at radius 1 is 1.27 bits per heavy atom. The molecule has 0 bridgehead atoms. The normalized spacial score (nSPS) is 10.3. The van der Waals surface area contributed by atoms with Crippen LogP contribution in [0.3, 0.4) is 0 Å². The second-order valence-electron chi connectivity index (χ2n) is 3.29. The number of nitrogens with one attached hydrogen (secondary N) is 1. The Balaban J connectivity index is 2.30. The molecule has 0 aliphatic carbocycles. The first-order valence-corrected chi connectivity index (χ1v) is 5.28. The molecule has 1 aromatic carbocycles. The lowest BCUT2D eigenvalue weighted by atomic mass is 10.2. The van der Waals surface area contributed by atoms with E-state index in [4.69, 9.17) is 9.47 Å². The molecule has 0 heterocycles. The fourth-order valence-corrected chi connectivity index (χ4v) is 1.32. The van der Waals surface area contributed by atoms with Crippen LogP contribution in [0.2, 0.25) is 0 Å². The van der Waals surface area contributed by atoms with E-state index in [0.29, 0.717) is 6.73 Å². The van der Waals surface area contributed by atoms with Crippen molar-refractivity contribution < 1.29 is 9.47 Å². The second kappa shape index (κ2) is 7.26. The van der Waals surface area contributed by atoms with Gasteiger partial charge in [0.2, 0.25) is 0 Å². The summed E-state index contributed by atoms with van der Waals surface area (Å²) in [7, 11) is 1.69. The van der Waals surface area contributed by atoms with Crippen LogP contribution in [0, 0.1) is 0 Å². The van der Waals surface area contributed by atoms with Crippen molar-refractivity contribution >= 4 is 0 Å². The predicted octanol–water partition coefficient (Wildman–Crippen LogP) is 2.17. The summed E-state index contributed by atoms with van der Waals surface area (Å²) in [6.07, 6.45) is 1.05. The van der Waals surface area contributed by atoms with Crippen molar-refractivity contribution in [1.29, 1.82) is 0 Å². The molecule has 0 radical (unpaired) electrons. The van der Waals surface area contributed by atoms with E-state index in [1.807, 2.05) is 24.3 Å². The minimum absolute atomic E-state index is 0.589. The van der Waals surface area contributed by atoms with Gasteiger partial charge in [-0.3, -0.25) is 5.32 Å². The molecule has 3 heteroatoms. The topological polar surface area (TPSA) is 30.5 Å². The molecule has 1 rings (SSSR count). The highest BCUT2D eigenvalue weighted by Crippen LogP contribution is 2.16. The zero-order valence-electron chi connectivity index (χ0n) is 9.45. The van der Waals surface area contributed by atoms with Gasteiger partial charge in [0.1, 0.15) is 5.75 Å². The van der Waals surface area contributed by atoms with Gasteiger partial charge in [-0.15, -0.1) is 0 Å². The van der Waals surface area contributed by atoms with Crippen molar-refractivity contribution in [3.63, 3.8) is 0 Å². The smallest absolute Gasteiger partial charge is 0.123 e. The predicted molar refractivity (Wildman–Crippen MR) is 60.9 cm³/mol. The van der Waals surface area contributed by atoms with E-state index in [1.165, 1.54) is 0 Å². The summed E-state index contributed by atoms with van der Waals surface area (Å²) >= 11 is 0. The van der Waals surface area contributed by atoms with Crippen LogP contribution >= 0.6 is 0 Å². The first kappa shape index (κ1) is 12.0. The largest absolute Gasteiger partial charge is 0.496 e. The van der Waals surface area contributed by atoms with Gasteiger partial charge in [0.25, 0.3) is 0 Å². The van der Waals surface area contributed by atoms with Gasteiger partial charge in [-0.1, -0.05) is 25.1 Å². The van der Waals surface area contributed by atoms with Gasteiger partial charge in [0.15, 0.2) is 0 Å². The summed E-state index contributed by atoms with van der Waals surface area (Å²) in [4.78, 5) is 0. The minimum Gasteiger partial charge on any atom is -0.496 e. The summed E-state index contributed by atoms with van der Waals surface area (Å²) < 4.78 is 10.6. The Bertz CT molecular complexity index is 276. The average Bonchev–Trinajstić information content (AvgIpc) is 2.29. The van der Waals surface area contributed by atoms with Crippen molar-refractivity contribution in [3.8, 4) is 5.75 Å². The lowest BCUT2D eigenvalue weighted by molar-refractivity contribution is 0.116. The van der Waals surface area contributed by atoms with E-state index in [9.17, 15) is 0 Å². The number of methoxy groups -OCH3 is 1. The van der Waals surface area contributed by atoms with Crippen LogP contribution in [-0.4, -0.2) is 20.4 Å². The molecule has 0 fully saturated rings. The van der Waals surface area contributed by atoms with Gasteiger partial charge < -0.3 is 9.47 Å². The maximum atomic E-state index is 5.33. The average molecular weight is 209 g/mol. The monoisotopic (exact) mass is 209 g/mol. The van der Waals surface area contributed by atoms with Crippen molar-refractivity contribution in [2.24, 2.45) is 0 Å². The van der Waals surface area contributed by atoms with Crippen molar-refractivity contribution in [3.05, 3.63) is 29.8 Å². The number of ether oxygens (including phenoxy) is 2. The van der Waals surface area contributed by atoms with Crippen LogP contribution in [0.15, 0.2) is 24.3 Å². The fourth-order valence-electron chi connectivity index (χ4n) is 1.32. The number of benzene rings is 1. The molecule has 0 unspecified atom stereocenters. The summed E-state index contributed by atoms with van der Waals surface area (Å²) in [5.74, 6) is 0.917. The maximum Gasteiger partial charge on any atom is 0.123 e. The van der Waals surface area contributed by atoms with E-state index in [1.54, 1.807) is 7.11 Å². The van der Waals surface area contributed by atoms with E-state index in [2.05, 4.69) is 12.2 Å². The third-order valence-corrected chi connectivity index (χ3v) is 2.06. The van der Waals surface area contributed by atoms with Gasteiger partial charge in [0.05, 0.1) is 13.8 Å². The number of hydrogen-bond acceptors (Lipinski definition) is 3. The van der Waals surface area contributed by atoms with Crippen LogP contribution in [-0.2, 0) is 11.3 Å². The molecule has 0 saturated heterocycles. The maximum absolute atomic E-state index is 5.33. The SMILES string of the molecule is CCCOCNCc1ccccc1OC. The van der Waals surface area contributed by atoms with Crippen LogP contribution < -0.4 is 10.1 Å². The van der Waals surface area contributed by atoms with Crippen LogP contribution in [0.25, 0.3) is 0 Å². The Labute approximate surface area is 91.4 Å². The fraction of sp³-hybridized carbons (Fsp3) is 0.500. The summed E-state index contributed by atoms with van der Waals surface area (Å²) in [6, 6.07) is 7.98. The molecule has 84 valence electrons. The highest BCUT2D eigenvalue weighted by Gasteiger charge is 1.99. The molecule has 0 spiro atoms. The van der Waals surface area contributed by atoms with Gasteiger partial charge in [0, 0.05) is 18.7 Å². The quantitative estimate of drug-likeness (QED) is 0.551. The van der Waals surface area contributed by atoms with Gasteiger partial charge in [-0.05, 0) is 12.5 Å². The summed E-state index contributed by atoms with van der Waals surface area (Å²) in [5, 5.41) is 3.21. The molecule has 0 aromatic heterocycles. The van der Waals surface area contributed by atoms with Crippen LogP contribution in [0.1, 0.15) is 18.9 Å². The van der Waals surface area contributed by atoms with Crippen molar-refractivity contribution in [2.75, 3.05) is 20.4 Å². The van der Waals surface area contributed by atoms with E-state index in [-0.39, 0.29) is 0 Å². The Morgan fingerprint density at radius 3 is 2.80 bits per heavy atom. The van der Waals surface area contributed by atoms with Crippen molar-refractivity contribution in [2.45, 2.75) is 19.9 Å². The standard InChI is InChI=1S/C12H19NO2/c1-3-8-15-10-13-9-11-6-4-5-7-12(11)14-2/h4-7,13H,3,8-10H2,1-2H3. The number of hydrogen-bond donors (Lipinski definition) is 1. The van der Waals surface area contributed by atoms with Crippen LogP contribution in [0.4, 0.5) is 0 Å². The zero-order valence-corrected chi connectivity index (χ0v) is 9.45. The van der Waals surface area contributed by atoms with Crippen molar-refractivity contribution in [1.82, 2.24) is 5.32 Å².